The van der Waals surface area contributed by atoms with Crippen molar-refractivity contribution in [3.63, 3.8) is 0 Å². The van der Waals surface area contributed by atoms with Crippen LogP contribution in [0.1, 0.15) is 61.8 Å². The zero-order valence-corrected chi connectivity index (χ0v) is 14.7. The topological polar surface area (TPSA) is 67.4 Å². The molecule has 0 bridgehead atoms. The first-order chi connectivity index (χ1) is 11.4. The molecular weight excluding hydrogens is 304 g/mol. The van der Waals surface area contributed by atoms with Gasteiger partial charge in [0, 0.05) is 12.5 Å². The lowest BCUT2D eigenvalue weighted by Gasteiger charge is -2.37. The molecule has 5 heteroatoms. The largest absolute Gasteiger partial charge is 0.490 e. The Morgan fingerprint density at radius 2 is 1.88 bits per heavy atom. The van der Waals surface area contributed by atoms with Crippen LogP contribution in [0.2, 0.25) is 0 Å². The Kier molecular flexibility index (Phi) is 4.52. The predicted octanol–water partition coefficient (Wildman–Crippen LogP) is 2.69. The third-order valence-corrected chi connectivity index (χ3v) is 5.34. The summed E-state index contributed by atoms with van der Waals surface area (Å²) in [5.74, 6) is 0.649. The highest BCUT2D eigenvalue weighted by Crippen LogP contribution is 2.37. The monoisotopic (exact) mass is 330 g/mol. The van der Waals surface area contributed by atoms with Gasteiger partial charge in [-0.15, -0.1) is 0 Å². The molecule has 0 saturated heterocycles. The quantitative estimate of drug-likeness (QED) is 0.895. The summed E-state index contributed by atoms with van der Waals surface area (Å²) >= 11 is 0. The summed E-state index contributed by atoms with van der Waals surface area (Å²) in [6.45, 7) is 6.02. The van der Waals surface area contributed by atoms with Crippen LogP contribution in [0, 0.1) is 13.8 Å². The molecule has 1 heterocycles. The van der Waals surface area contributed by atoms with Crippen LogP contribution in [0.3, 0.4) is 0 Å². The van der Waals surface area contributed by atoms with E-state index in [0.717, 1.165) is 36.1 Å². The van der Waals surface area contributed by atoms with Gasteiger partial charge in [-0.05, 0) is 37.8 Å². The molecule has 1 aliphatic heterocycles. The molecule has 5 nitrogen and oxygen atoms in total. The SMILES string of the molecule is CC(=O)NC1(C(=O)NC2COc3c2ccc(C)c3C)CCCCC1. The molecule has 0 aromatic heterocycles. The van der Waals surface area contributed by atoms with Crippen molar-refractivity contribution in [3.05, 3.63) is 28.8 Å². The summed E-state index contributed by atoms with van der Waals surface area (Å²) in [4.78, 5) is 24.6. The molecule has 0 spiro atoms. The number of hydrogen-bond donors (Lipinski definition) is 2. The van der Waals surface area contributed by atoms with E-state index < -0.39 is 5.54 Å². The van der Waals surface area contributed by atoms with Crippen molar-refractivity contribution in [2.75, 3.05) is 6.61 Å². The fraction of sp³-hybridized carbons (Fsp3) is 0.579. The molecule has 1 aromatic rings. The normalized spacial score (nSPS) is 21.5. The first kappa shape index (κ1) is 16.8. The second-order valence-corrected chi connectivity index (χ2v) is 7.09. The van der Waals surface area contributed by atoms with Crippen LogP contribution in [0.5, 0.6) is 5.75 Å². The van der Waals surface area contributed by atoms with Crippen molar-refractivity contribution >= 4 is 11.8 Å². The second kappa shape index (κ2) is 6.46. The molecule has 1 aliphatic carbocycles. The number of benzene rings is 1. The average molecular weight is 330 g/mol. The van der Waals surface area contributed by atoms with Gasteiger partial charge >= 0.3 is 0 Å². The van der Waals surface area contributed by atoms with E-state index in [1.165, 1.54) is 12.5 Å². The fourth-order valence-corrected chi connectivity index (χ4v) is 3.85. The third-order valence-electron chi connectivity index (χ3n) is 5.34. The minimum atomic E-state index is -0.771. The maximum atomic E-state index is 13.0. The Labute approximate surface area is 143 Å². The number of fused-ring (bicyclic) bond motifs is 1. The molecule has 3 rings (SSSR count). The first-order valence-corrected chi connectivity index (χ1v) is 8.75. The van der Waals surface area contributed by atoms with E-state index in [0.29, 0.717) is 19.4 Å². The maximum Gasteiger partial charge on any atom is 0.246 e. The lowest BCUT2D eigenvalue weighted by Crippen LogP contribution is -2.59. The van der Waals surface area contributed by atoms with Crippen LogP contribution in [0.25, 0.3) is 0 Å². The van der Waals surface area contributed by atoms with E-state index in [1.807, 2.05) is 13.0 Å². The Balaban J connectivity index is 1.80. The van der Waals surface area contributed by atoms with Crippen molar-refractivity contribution in [1.29, 1.82) is 0 Å². The van der Waals surface area contributed by atoms with Crippen LogP contribution in [-0.4, -0.2) is 24.0 Å². The molecule has 24 heavy (non-hydrogen) atoms. The van der Waals surface area contributed by atoms with Crippen molar-refractivity contribution in [2.45, 2.75) is 64.5 Å². The maximum absolute atomic E-state index is 13.0. The Morgan fingerprint density at radius 1 is 1.17 bits per heavy atom. The molecular formula is C19H26N2O3. The van der Waals surface area contributed by atoms with Gasteiger partial charge in [-0.1, -0.05) is 31.4 Å². The van der Waals surface area contributed by atoms with Crippen molar-refractivity contribution in [2.24, 2.45) is 0 Å². The van der Waals surface area contributed by atoms with Crippen LogP contribution in [-0.2, 0) is 9.59 Å². The molecule has 1 unspecified atom stereocenters. The minimum Gasteiger partial charge on any atom is -0.490 e. The third kappa shape index (κ3) is 2.99. The summed E-state index contributed by atoms with van der Waals surface area (Å²) in [5.41, 5.74) is 2.56. The van der Waals surface area contributed by atoms with Crippen molar-refractivity contribution < 1.29 is 14.3 Å². The van der Waals surface area contributed by atoms with Crippen molar-refractivity contribution in [1.82, 2.24) is 10.6 Å². The number of rotatable bonds is 3. The lowest BCUT2D eigenvalue weighted by atomic mass is 9.80. The zero-order chi connectivity index (χ0) is 17.3. The Hall–Kier alpha value is -2.04. The van der Waals surface area contributed by atoms with Crippen LogP contribution in [0.4, 0.5) is 0 Å². The molecule has 2 aliphatic rings. The van der Waals surface area contributed by atoms with E-state index in [9.17, 15) is 9.59 Å². The summed E-state index contributed by atoms with van der Waals surface area (Å²) in [6, 6.07) is 3.94. The Bertz CT molecular complexity index is 663. The summed E-state index contributed by atoms with van der Waals surface area (Å²) in [5, 5.41) is 6.04. The first-order valence-electron chi connectivity index (χ1n) is 8.75. The van der Waals surface area contributed by atoms with Gasteiger partial charge in [0.2, 0.25) is 11.8 Å². The van der Waals surface area contributed by atoms with Gasteiger partial charge in [0.1, 0.15) is 17.9 Å². The molecule has 1 aromatic carbocycles. The molecule has 1 atom stereocenters. The molecule has 2 N–H and O–H groups in total. The van der Waals surface area contributed by atoms with Gasteiger partial charge < -0.3 is 15.4 Å². The zero-order valence-electron chi connectivity index (χ0n) is 14.7. The Morgan fingerprint density at radius 3 is 2.54 bits per heavy atom. The highest BCUT2D eigenvalue weighted by molar-refractivity contribution is 5.91. The van der Waals surface area contributed by atoms with E-state index in [2.05, 4.69) is 23.6 Å². The van der Waals surface area contributed by atoms with Crippen LogP contribution in [0.15, 0.2) is 12.1 Å². The number of aryl methyl sites for hydroxylation is 1. The number of hydrogen-bond acceptors (Lipinski definition) is 3. The number of nitrogens with one attached hydrogen (secondary N) is 2. The van der Waals surface area contributed by atoms with Crippen LogP contribution < -0.4 is 15.4 Å². The van der Waals surface area contributed by atoms with Gasteiger partial charge in [0.05, 0.1) is 6.04 Å². The fourth-order valence-electron chi connectivity index (χ4n) is 3.85. The van der Waals surface area contributed by atoms with E-state index in [4.69, 9.17) is 4.74 Å². The van der Waals surface area contributed by atoms with Crippen LogP contribution >= 0.6 is 0 Å². The molecule has 1 fully saturated rings. The highest BCUT2D eigenvalue weighted by atomic mass is 16.5. The average Bonchev–Trinajstić information content (AvgIpc) is 2.95. The van der Waals surface area contributed by atoms with Gasteiger partial charge in [-0.2, -0.15) is 0 Å². The van der Waals surface area contributed by atoms with E-state index in [1.54, 1.807) is 0 Å². The van der Waals surface area contributed by atoms with E-state index >= 15 is 0 Å². The summed E-state index contributed by atoms with van der Waals surface area (Å²) < 4.78 is 5.82. The smallest absolute Gasteiger partial charge is 0.246 e. The number of carbonyl (C=O) groups excluding carboxylic acids is 2. The van der Waals surface area contributed by atoms with Gasteiger partial charge in [-0.3, -0.25) is 9.59 Å². The predicted molar refractivity (Wildman–Crippen MR) is 91.9 cm³/mol. The molecule has 130 valence electrons. The molecule has 0 radical (unpaired) electrons. The second-order valence-electron chi connectivity index (χ2n) is 7.09. The number of ether oxygens (including phenoxy) is 1. The van der Waals surface area contributed by atoms with Gasteiger partial charge in [-0.25, -0.2) is 0 Å². The van der Waals surface area contributed by atoms with Gasteiger partial charge in [0.25, 0.3) is 0 Å². The minimum absolute atomic E-state index is 0.0860. The lowest BCUT2D eigenvalue weighted by molar-refractivity contribution is -0.135. The summed E-state index contributed by atoms with van der Waals surface area (Å²) in [7, 11) is 0. The standard InChI is InChI=1S/C19H26N2O3/c1-12-7-8-15-16(11-24-17(15)13(12)2)20-18(23)19(21-14(3)22)9-5-4-6-10-19/h7-8,16H,4-6,9-11H2,1-3H3,(H,20,23)(H,21,22). The van der Waals surface area contributed by atoms with Crippen molar-refractivity contribution in [3.8, 4) is 5.75 Å². The number of carbonyl (C=O) groups is 2. The molecule has 1 saturated carbocycles. The summed E-state index contributed by atoms with van der Waals surface area (Å²) in [6.07, 6.45) is 4.44. The highest BCUT2D eigenvalue weighted by Gasteiger charge is 2.42. The number of amides is 2. The van der Waals surface area contributed by atoms with Gasteiger partial charge in [0.15, 0.2) is 0 Å². The molecule has 2 amide bonds. The van der Waals surface area contributed by atoms with E-state index in [-0.39, 0.29) is 17.9 Å².